The van der Waals surface area contributed by atoms with E-state index < -0.39 is 6.36 Å². The Morgan fingerprint density at radius 2 is 1.65 bits per heavy atom. The van der Waals surface area contributed by atoms with Crippen LogP contribution in [0.4, 0.5) is 13.2 Å². The number of ether oxygens (including phenoxy) is 2. The average Bonchev–Trinajstić information content (AvgIpc) is 3.02. The fourth-order valence-corrected chi connectivity index (χ4v) is 2.65. The van der Waals surface area contributed by atoms with Gasteiger partial charge in [-0.2, -0.15) is 0 Å². The molecule has 0 aromatic heterocycles. The summed E-state index contributed by atoms with van der Waals surface area (Å²) in [6.07, 6.45) is -2.54. The van der Waals surface area contributed by atoms with E-state index in [9.17, 15) is 13.2 Å². The maximum atomic E-state index is 12.2. The van der Waals surface area contributed by atoms with E-state index in [1.807, 2.05) is 24.3 Å². The molecular weight excluding hydrogens is 307 g/mol. The molecule has 1 aliphatic rings. The Labute approximate surface area is 132 Å². The van der Waals surface area contributed by atoms with Gasteiger partial charge in [0.2, 0.25) is 0 Å². The Bertz CT molecular complexity index is 650. The molecule has 23 heavy (non-hydrogen) atoms. The van der Waals surface area contributed by atoms with Gasteiger partial charge in [0, 0.05) is 11.6 Å². The van der Waals surface area contributed by atoms with Crippen LogP contribution >= 0.6 is 0 Å². The summed E-state index contributed by atoms with van der Waals surface area (Å²) in [4.78, 5) is 0. The lowest BCUT2D eigenvalue weighted by molar-refractivity contribution is -0.274. The highest BCUT2D eigenvalue weighted by Crippen LogP contribution is 2.34. The third kappa shape index (κ3) is 4.16. The zero-order valence-corrected chi connectivity index (χ0v) is 12.3. The summed E-state index contributed by atoms with van der Waals surface area (Å²) in [6.45, 7) is 0.975. The highest BCUT2D eigenvalue weighted by Gasteiger charge is 2.31. The van der Waals surface area contributed by atoms with Crippen LogP contribution in [-0.2, 0) is 0 Å². The fourth-order valence-electron chi connectivity index (χ4n) is 2.65. The second kappa shape index (κ2) is 6.50. The van der Waals surface area contributed by atoms with Crippen molar-refractivity contribution in [3.8, 4) is 17.2 Å². The molecule has 3 nitrogen and oxygen atoms in total. The van der Waals surface area contributed by atoms with Crippen molar-refractivity contribution in [2.24, 2.45) is 0 Å². The lowest BCUT2D eigenvalue weighted by Gasteiger charge is -2.16. The molecular formula is C17H16F3NO2. The van der Waals surface area contributed by atoms with Crippen molar-refractivity contribution in [2.75, 3.05) is 6.54 Å². The monoisotopic (exact) mass is 323 g/mol. The Kier molecular flexibility index (Phi) is 4.43. The minimum absolute atomic E-state index is 0.249. The molecule has 1 atom stereocenters. The Balaban J connectivity index is 1.74. The van der Waals surface area contributed by atoms with E-state index in [0.717, 1.165) is 24.9 Å². The van der Waals surface area contributed by atoms with E-state index in [2.05, 4.69) is 10.1 Å². The number of alkyl halides is 3. The van der Waals surface area contributed by atoms with Crippen LogP contribution in [0.15, 0.2) is 48.5 Å². The number of benzene rings is 2. The topological polar surface area (TPSA) is 30.5 Å². The summed E-state index contributed by atoms with van der Waals surface area (Å²) >= 11 is 0. The molecule has 3 rings (SSSR count). The lowest BCUT2D eigenvalue weighted by Crippen LogP contribution is -2.16. The van der Waals surface area contributed by atoms with Crippen LogP contribution in [0, 0.1) is 0 Å². The first-order valence-corrected chi connectivity index (χ1v) is 7.37. The quantitative estimate of drug-likeness (QED) is 0.876. The second-order valence-electron chi connectivity index (χ2n) is 5.31. The van der Waals surface area contributed by atoms with E-state index in [0.29, 0.717) is 11.5 Å². The smallest absolute Gasteiger partial charge is 0.457 e. The molecule has 122 valence electrons. The van der Waals surface area contributed by atoms with Gasteiger partial charge in [0.05, 0.1) is 0 Å². The van der Waals surface area contributed by atoms with Crippen LogP contribution in [0.2, 0.25) is 0 Å². The molecule has 1 unspecified atom stereocenters. The summed E-state index contributed by atoms with van der Waals surface area (Å²) < 4.78 is 46.1. The molecule has 6 heteroatoms. The van der Waals surface area contributed by atoms with Crippen molar-refractivity contribution in [1.82, 2.24) is 5.32 Å². The first kappa shape index (κ1) is 15.7. The standard InChI is InChI=1S/C17H16F3NO2/c18-17(19,20)23-13-9-7-12(8-10-13)22-16-6-2-1-4-14(16)15-5-3-11-21-15/h1-2,4,6-10,15,21H,3,5,11H2. The van der Waals surface area contributed by atoms with E-state index in [-0.39, 0.29) is 11.8 Å². The van der Waals surface area contributed by atoms with Crippen LogP contribution in [0.25, 0.3) is 0 Å². The van der Waals surface area contributed by atoms with Crippen molar-refractivity contribution in [3.05, 3.63) is 54.1 Å². The maximum Gasteiger partial charge on any atom is 0.573 e. The molecule has 1 N–H and O–H groups in total. The fraction of sp³-hybridized carbons (Fsp3) is 0.294. The zero-order chi connectivity index (χ0) is 16.3. The molecule has 1 fully saturated rings. The molecule has 0 bridgehead atoms. The summed E-state index contributed by atoms with van der Waals surface area (Å²) in [6, 6.07) is 13.3. The van der Waals surface area contributed by atoms with E-state index in [1.54, 1.807) is 0 Å². The van der Waals surface area contributed by atoms with Gasteiger partial charge in [-0.1, -0.05) is 18.2 Å². The van der Waals surface area contributed by atoms with Crippen molar-refractivity contribution in [1.29, 1.82) is 0 Å². The van der Waals surface area contributed by atoms with Crippen molar-refractivity contribution >= 4 is 0 Å². The number of halogens is 3. The minimum Gasteiger partial charge on any atom is -0.457 e. The van der Waals surface area contributed by atoms with Crippen LogP contribution < -0.4 is 14.8 Å². The van der Waals surface area contributed by atoms with Crippen LogP contribution in [0.5, 0.6) is 17.2 Å². The molecule has 2 aromatic carbocycles. The van der Waals surface area contributed by atoms with Gasteiger partial charge in [-0.05, 0) is 49.7 Å². The van der Waals surface area contributed by atoms with Crippen molar-refractivity contribution in [3.63, 3.8) is 0 Å². The molecule has 1 heterocycles. The molecule has 2 aromatic rings. The Morgan fingerprint density at radius 1 is 0.957 bits per heavy atom. The molecule has 0 saturated carbocycles. The number of rotatable bonds is 4. The summed E-state index contributed by atoms with van der Waals surface area (Å²) in [5.41, 5.74) is 1.06. The van der Waals surface area contributed by atoms with E-state index in [1.165, 1.54) is 24.3 Å². The van der Waals surface area contributed by atoms with Gasteiger partial charge >= 0.3 is 6.36 Å². The van der Waals surface area contributed by atoms with Gasteiger partial charge < -0.3 is 14.8 Å². The Morgan fingerprint density at radius 3 is 2.30 bits per heavy atom. The third-order valence-corrected chi connectivity index (χ3v) is 3.64. The van der Waals surface area contributed by atoms with Crippen LogP contribution in [0.1, 0.15) is 24.4 Å². The summed E-state index contributed by atoms with van der Waals surface area (Å²) in [5, 5.41) is 3.41. The maximum absolute atomic E-state index is 12.2. The minimum atomic E-state index is -4.69. The number of hydrogen-bond acceptors (Lipinski definition) is 3. The van der Waals surface area contributed by atoms with Gasteiger partial charge in [0.25, 0.3) is 0 Å². The lowest BCUT2D eigenvalue weighted by atomic mass is 10.0. The SMILES string of the molecule is FC(F)(F)Oc1ccc(Oc2ccccc2C2CCCN2)cc1. The first-order chi connectivity index (χ1) is 11.0. The van der Waals surface area contributed by atoms with Gasteiger partial charge in [-0.3, -0.25) is 0 Å². The highest BCUT2D eigenvalue weighted by molar-refractivity contribution is 5.41. The molecule has 0 aliphatic carbocycles. The zero-order valence-electron chi connectivity index (χ0n) is 12.3. The van der Waals surface area contributed by atoms with Crippen LogP contribution in [-0.4, -0.2) is 12.9 Å². The largest absolute Gasteiger partial charge is 0.573 e. The van der Waals surface area contributed by atoms with Gasteiger partial charge in [0.1, 0.15) is 17.2 Å². The molecule has 1 saturated heterocycles. The predicted octanol–water partition coefficient (Wildman–Crippen LogP) is 4.80. The number of hydrogen-bond donors (Lipinski definition) is 1. The van der Waals surface area contributed by atoms with E-state index >= 15 is 0 Å². The van der Waals surface area contributed by atoms with Gasteiger partial charge in [-0.15, -0.1) is 13.2 Å². The Hall–Kier alpha value is -2.21. The number of para-hydroxylation sites is 1. The molecule has 1 aliphatic heterocycles. The number of nitrogens with one attached hydrogen (secondary N) is 1. The predicted molar refractivity (Wildman–Crippen MR) is 79.6 cm³/mol. The van der Waals surface area contributed by atoms with Gasteiger partial charge in [-0.25, -0.2) is 0 Å². The molecule has 0 amide bonds. The molecule has 0 radical (unpaired) electrons. The van der Waals surface area contributed by atoms with Crippen LogP contribution in [0.3, 0.4) is 0 Å². The van der Waals surface area contributed by atoms with E-state index in [4.69, 9.17) is 4.74 Å². The van der Waals surface area contributed by atoms with Gasteiger partial charge in [0.15, 0.2) is 0 Å². The highest BCUT2D eigenvalue weighted by atomic mass is 19.4. The first-order valence-electron chi connectivity index (χ1n) is 7.37. The molecule has 0 spiro atoms. The third-order valence-electron chi connectivity index (χ3n) is 3.64. The second-order valence-corrected chi connectivity index (χ2v) is 5.31. The van der Waals surface area contributed by atoms with Crippen molar-refractivity contribution < 1.29 is 22.6 Å². The average molecular weight is 323 g/mol. The normalized spacial score (nSPS) is 18.0. The van der Waals surface area contributed by atoms with Crippen molar-refractivity contribution in [2.45, 2.75) is 25.2 Å². The summed E-state index contributed by atoms with van der Waals surface area (Å²) in [5.74, 6) is 0.900. The summed E-state index contributed by atoms with van der Waals surface area (Å²) in [7, 11) is 0.